The number of nitrogens with zero attached hydrogens (tertiary/aromatic N) is 1. The van der Waals surface area contributed by atoms with E-state index in [-0.39, 0.29) is 18.0 Å². The Labute approximate surface area is 131 Å². The third-order valence-corrected chi connectivity index (χ3v) is 4.60. The van der Waals surface area contributed by atoms with Crippen LogP contribution in [0.2, 0.25) is 0 Å². The summed E-state index contributed by atoms with van der Waals surface area (Å²) >= 11 is 5.07. The van der Waals surface area contributed by atoms with Crippen molar-refractivity contribution in [3.05, 3.63) is 38.9 Å². The van der Waals surface area contributed by atoms with Crippen molar-refractivity contribution in [2.45, 2.75) is 24.9 Å². The predicted molar refractivity (Wildman–Crippen MR) is 85.5 cm³/mol. The normalized spacial score (nSPS) is 16.3. The number of amides is 1. The second kappa shape index (κ2) is 5.33. The number of nitrogens with one attached hydrogen (secondary N) is 2. The highest BCUT2D eigenvalue weighted by Gasteiger charge is 2.34. The van der Waals surface area contributed by atoms with E-state index in [1.807, 2.05) is 0 Å². The van der Waals surface area contributed by atoms with Crippen LogP contribution in [0.3, 0.4) is 0 Å². The zero-order chi connectivity index (χ0) is 15.9. The lowest BCUT2D eigenvalue weighted by Crippen LogP contribution is -2.47. The fraction of sp³-hybridized carbons (Fsp3) is 0.400. The first-order valence-corrected chi connectivity index (χ1v) is 7.54. The molecule has 3 N–H and O–H groups in total. The minimum absolute atomic E-state index is 0.200. The van der Waals surface area contributed by atoms with Gasteiger partial charge in [-0.25, -0.2) is 0 Å². The molecule has 0 saturated heterocycles. The van der Waals surface area contributed by atoms with Gasteiger partial charge >= 0.3 is 0 Å². The number of fused-ring (bicyclic) bond motifs is 1. The van der Waals surface area contributed by atoms with Crippen LogP contribution in [0, 0.1) is 4.77 Å². The van der Waals surface area contributed by atoms with E-state index in [1.165, 1.54) is 4.57 Å². The minimum Gasteiger partial charge on any atom is -0.388 e. The first kappa shape index (κ1) is 14.9. The summed E-state index contributed by atoms with van der Waals surface area (Å²) in [7, 11) is 1.60. The van der Waals surface area contributed by atoms with Crippen LogP contribution in [0.5, 0.6) is 0 Å². The van der Waals surface area contributed by atoms with Gasteiger partial charge in [0.15, 0.2) is 4.77 Å². The molecule has 0 aliphatic heterocycles. The zero-order valence-corrected chi connectivity index (χ0v) is 13.0. The molecule has 2 aromatic rings. The highest BCUT2D eigenvalue weighted by molar-refractivity contribution is 7.71. The molecule has 1 aliphatic carbocycles. The number of carbonyl (C=O) groups is 1. The topological polar surface area (TPSA) is 87.1 Å². The van der Waals surface area contributed by atoms with Crippen molar-refractivity contribution in [3.8, 4) is 0 Å². The molecule has 7 heteroatoms. The summed E-state index contributed by atoms with van der Waals surface area (Å²) in [6.45, 7) is 0.246. The van der Waals surface area contributed by atoms with Gasteiger partial charge in [0.2, 0.25) is 0 Å². The molecule has 1 amide bonds. The van der Waals surface area contributed by atoms with E-state index in [0.717, 1.165) is 6.42 Å². The van der Waals surface area contributed by atoms with Crippen LogP contribution >= 0.6 is 12.2 Å². The molecule has 1 aromatic heterocycles. The van der Waals surface area contributed by atoms with Crippen LogP contribution in [0.4, 0.5) is 0 Å². The van der Waals surface area contributed by atoms with Gasteiger partial charge in [0, 0.05) is 19.2 Å². The average molecular weight is 319 g/mol. The summed E-state index contributed by atoms with van der Waals surface area (Å²) in [6.07, 6.45) is 2.42. The maximum absolute atomic E-state index is 12.2. The van der Waals surface area contributed by atoms with Crippen LogP contribution in [0.25, 0.3) is 10.9 Å². The van der Waals surface area contributed by atoms with Gasteiger partial charge in [-0.2, -0.15) is 0 Å². The number of H-pyrrole nitrogens is 1. The first-order valence-electron chi connectivity index (χ1n) is 7.13. The molecular weight excluding hydrogens is 302 g/mol. The van der Waals surface area contributed by atoms with E-state index in [1.54, 1.807) is 25.2 Å². The molecule has 0 spiro atoms. The second-order valence-corrected chi connectivity index (χ2v) is 6.20. The smallest absolute Gasteiger partial charge is 0.261 e. The lowest BCUT2D eigenvalue weighted by Gasteiger charge is -2.36. The molecule has 1 saturated carbocycles. The fourth-order valence-corrected chi connectivity index (χ4v) is 2.75. The van der Waals surface area contributed by atoms with Crippen LogP contribution in [0.15, 0.2) is 23.0 Å². The van der Waals surface area contributed by atoms with Crippen molar-refractivity contribution in [2.24, 2.45) is 7.05 Å². The largest absolute Gasteiger partial charge is 0.388 e. The Bertz CT molecular complexity index is 864. The second-order valence-electron chi connectivity index (χ2n) is 5.82. The monoisotopic (exact) mass is 319 g/mol. The Morgan fingerprint density at radius 1 is 1.50 bits per heavy atom. The van der Waals surface area contributed by atoms with Crippen LogP contribution in [0.1, 0.15) is 29.6 Å². The van der Waals surface area contributed by atoms with E-state index >= 15 is 0 Å². The van der Waals surface area contributed by atoms with Gasteiger partial charge < -0.3 is 15.4 Å². The summed E-state index contributed by atoms with van der Waals surface area (Å²) in [5, 5.41) is 13.2. The Morgan fingerprint density at radius 3 is 2.86 bits per heavy atom. The Morgan fingerprint density at radius 2 is 2.23 bits per heavy atom. The number of carbonyl (C=O) groups excluding carboxylic acids is 1. The molecule has 3 rings (SSSR count). The molecule has 1 heterocycles. The molecule has 0 atom stereocenters. The first-order chi connectivity index (χ1) is 10.4. The van der Waals surface area contributed by atoms with Gasteiger partial charge in [-0.3, -0.25) is 14.2 Å². The quantitative estimate of drug-likeness (QED) is 0.743. The van der Waals surface area contributed by atoms with E-state index in [4.69, 9.17) is 12.2 Å². The Balaban J connectivity index is 1.88. The van der Waals surface area contributed by atoms with Gasteiger partial charge in [-0.05, 0) is 49.7 Å². The molecule has 1 fully saturated rings. The van der Waals surface area contributed by atoms with Gasteiger partial charge in [0.25, 0.3) is 11.5 Å². The number of rotatable bonds is 3. The van der Waals surface area contributed by atoms with Gasteiger partial charge in [0.1, 0.15) is 0 Å². The molecular formula is C15H17N3O3S. The molecule has 0 radical (unpaired) electrons. The number of hydrogen-bond donors (Lipinski definition) is 3. The molecule has 0 bridgehead atoms. The van der Waals surface area contributed by atoms with E-state index in [0.29, 0.717) is 34.1 Å². The zero-order valence-electron chi connectivity index (χ0n) is 12.2. The SMILES string of the molecule is Cn1c(=S)[nH]c2cc(C(=O)NCC3(O)CCC3)ccc2c1=O. The van der Waals surface area contributed by atoms with Crippen molar-refractivity contribution in [2.75, 3.05) is 6.54 Å². The molecule has 116 valence electrons. The van der Waals surface area contributed by atoms with E-state index < -0.39 is 5.60 Å². The van der Waals surface area contributed by atoms with Crippen molar-refractivity contribution in [3.63, 3.8) is 0 Å². The molecule has 0 unspecified atom stereocenters. The van der Waals surface area contributed by atoms with Gasteiger partial charge in [-0.1, -0.05) is 0 Å². The molecule has 1 aromatic carbocycles. The Kier molecular flexibility index (Phi) is 3.62. The van der Waals surface area contributed by atoms with Crippen LogP contribution in [-0.4, -0.2) is 32.7 Å². The summed E-state index contributed by atoms with van der Waals surface area (Å²) < 4.78 is 1.66. The summed E-state index contributed by atoms with van der Waals surface area (Å²) in [5.41, 5.74) is -0.00514. The fourth-order valence-electron chi connectivity index (χ4n) is 2.56. The predicted octanol–water partition coefficient (Wildman–Crippen LogP) is 1.24. The van der Waals surface area contributed by atoms with Crippen molar-refractivity contribution in [1.82, 2.24) is 14.9 Å². The number of benzene rings is 1. The summed E-state index contributed by atoms with van der Waals surface area (Å²) in [4.78, 5) is 27.2. The van der Waals surface area contributed by atoms with Gasteiger partial charge in [-0.15, -0.1) is 0 Å². The average Bonchev–Trinajstić information content (AvgIpc) is 2.48. The van der Waals surface area contributed by atoms with E-state index in [9.17, 15) is 14.7 Å². The van der Waals surface area contributed by atoms with Crippen molar-refractivity contribution < 1.29 is 9.90 Å². The standard InChI is InChI=1S/C15H17N3O3S/c1-18-13(20)10-4-3-9(7-11(10)17-14(18)22)12(19)16-8-15(21)5-2-6-15/h3-4,7,21H,2,5-6,8H2,1H3,(H,16,19)(H,17,22). The van der Waals surface area contributed by atoms with Crippen molar-refractivity contribution in [1.29, 1.82) is 0 Å². The summed E-state index contributed by atoms with van der Waals surface area (Å²) in [6, 6.07) is 4.81. The number of hydrogen-bond acceptors (Lipinski definition) is 4. The molecule has 22 heavy (non-hydrogen) atoms. The maximum atomic E-state index is 12.2. The minimum atomic E-state index is -0.762. The number of aliphatic hydroxyl groups is 1. The number of aromatic amines is 1. The lowest BCUT2D eigenvalue weighted by molar-refractivity contribution is -0.0300. The molecule has 6 nitrogen and oxygen atoms in total. The number of aromatic nitrogens is 2. The third kappa shape index (κ3) is 2.57. The maximum Gasteiger partial charge on any atom is 0.261 e. The van der Waals surface area contributed by atoms with E-state index in [2.05, 4.69) is 10.3 Å². The van der Waals surface area contributed by atoms with Gasteiger partial charge in [0.05, 0.1) is 16.5 Å². The highest BCUT2D eigenvalue weighted by atomic mass is 32.1. The molecule has 1 aliphatic rings. The van der Waals surface area contributed by atoms with Crippen molar-refractivity contribution >= 4 is 29.0 Å². The Hall–Kier alpha value is -1.99. The third-order valence-electron chi connectivity index (χ3n) is 4.23. The summed E-state index contributed by atoms with van der Waals surface area (Å²) in [5.74, 6) is -0.276. The highest BCUT2D eigenvalue weighted by Crippen LogP contribution is 2.30. The van der Waals surface area contributed by atoms with Crippen LogP contribution in [-0.2, 0) is 7.05 Å². The lowest BCUT2D eigenvalue weighted by atomic mass is 9.80. The van der Waals surface area contributed by atoms with Crippen LogP contribution < -0.4 is 10.9 Å².